The fraction of sp³-hybridized carbons (Fsp3) is 0.176. The Morgan fingerprint density at radius 2 is 1.72 bits per heavy atom. The number of benzene rings is 2. The number of non-ortho nitro benzene ring substituents is 1. The smallest absolute Gasteiger partial charge is 0.269 e. The summed E-state index contributed by atoms with van der Waals surface area (Å²) in [6.45, 7) is 0.151. The molecule has 130 valence electrons. The van der Waals surface area contributed by atoms with E-state index in [4.69, 9.17) is 4.74 Å². The fourth-order valence-electron chi connectivity index (χ4n) is 2.02. The van der Waals surface area contributed by atoms with Gasteiger partial charge in [-0.1, -0.05) is 0 Å². The van der Waals surface area contributed by atoms with Crippen LogP contribution in [-0.4, -0.2) is 30.4 Å². The Hall–Kier alpha value is -3.42. The number of hydrogen-bond donors (Lipinski definition) is 2. The number of amides is 2. The third kappa shape index (κ3) is 5.31. The lowest BCUT2D eigenvalue weighted by Crippen LogP contribution is -2.27. The van der Waals surface area contributed by atoms with Crippen molar-refractivity contribution in [2.45, 2.75) is 6.42 Å². The highest BCUT2D eigenvalue weighted by Gasteiger charge is 2.10. The fourth-order valence-corrected chi connectivity index (χ4v) is 2.02. The van der Waals surface area contributed by atoms with E-state index in [0.29, 0.717) is 17.0 Å². The van der Waals surface area contributed by atoms with Crippen LogP contribution in [0.15, 0.2) is 48.5 Å². The van der Waals surface area contributed by atoms with E-state index in [2.05, 4.69) is 10.6 Å². The number of carbonyl (C=O) groups excluding carboxylic acids is 2. The van der Waals surface area contributed by atoms with Crippen LogP contribution in [0.2, 0.25) is 0 Å². The third-order valence-electron chi connectivity index (χ3n) is 3.35. The van der Waals surface area contributed by atoms with Crippen LogP contribution in [0.1, 0.15) is 16.8 Å². The number of hydrogen-bond acceptors (Lipinski definition) is 5. The van der Waals surface area contributed by atoms with Crippen molar-refractivity contribution < 1.29 is 19.2 Å². The summed E-state index contributed by atoms with van der Waals surface area (Å²) >= 11 is 0. The van der Waals surface area contributed by atoms with Crippen LogP contribution < -0.4 is 15.4 Å². The SMILES string of the molecule is COc1ccc(NC(=O)CCNC(=O)c2ccc([N+](=O)[O-])cc2)cc1. The highest BCUT2D eigenvalue weighted by atomic mass is 16.6. The van der Waals surface area contributed by atoms with Crippen molar-refractivity contribution in [3.05, 3.63) is 64.2 Å². The van der Waals surface area contributed by atoms with Gasteiger partial charge in [-0.25, -0.2) is 0 Å². The van der Waals surface area contributed by atoms with Crippen molar-refractivity contribution in [2.24, 2.45) is 0 Å². The summed E-state index contributed by atoms with van der Waals surface area (Å²) in [5.41, 5.74) is 0.837. The van der Waals surface area contributed by atoms with Gasteiger partial charge in [0.25, 0.3) is 11.6 Å². The number of anilines is 1. The second-order valence-electron chi connectivity index (χ2n) is 5.09. The molecule has 0 bridgehead atoms. The van der Waals surface area contributed by atoms with E-state index in [9.17, 15) is 19.7 Å². The number of rotatable bonds is 7. The van der Waals surface area contributed by atoms with Gasteiger partial charge >= 0.3 is 0 Å². The standard InChI is InChI=1S/C17H17N3O5/c1-25-15-8-4-13(5-9-15)19-16(21)10-11-18-17(22)12-2-6-14(7-3-12)20(23)24/h2-9H,10-11H2,1H3,(H,18,22)(H,19,21). The molecule has 0 saturated carbocycles. The van der Waals surface area contributed by atoms with Crippen molar-refractivity contribution in [2.75, 3.05) is 19.0 Å². The van der Waals surface area contributed by atoms with Crippen LogP contribution in [-0.2, 0) is 4.79 Å². The molecule has 0 spiro atoms. The summed E-state index contributed by atoms with van der Waals surface area (Å²) in [7, 11) is 1.56. The predicted molar refractivity (Wildman–Crippen MR) is 91.7 cm³/mol. The molecular formula is C17H17N3O5. The number of nitro benzene ring substituents is 1. The van der Waals surface area contributed by atoms with Crippen molar-refractivity contribution in [1.29, 1.82) is 0 Å². The first-order valence-electron chi connectivity index (χ1n) is 7.46. The van der Waals surface area contributed by atoms with Gasteiger partial charge in [-0.05, 0) is 36.4 Å². The lowest BCUT2D eigenvalue weighted by molar-refractivity contribution is -0.384. The van der Waals surface area contributed by atoms with Gasteiger partial charge in [0.15, 0.2) is 0 Å². The average Bonchev–Trinajstić information content (AvgIpc) is 2.62. The molecule has 2 aromatic rings. The topological polar surface area (TPSA) is 111 Å². The summed E-state index contributed by atoms with van der Waals surface area (Å²) in [5, 5.41) is 15.9. The minimum atomic E-state index is -0.537. The molecule has 8 nitrogen and oxygen atoms in total. The van der Waals surface area contributed by atoms with Crippen LogP contribution in [0.4, 0.5) is 11.4 Å². The Kier molecular flexibility index (Phi) is 6.05. The number of nitrogens with one attached hydrogen (secondary N) is 2. The minimum Gasteiger partial charge on any atom is -0.497 e. The number of ether oxygens (including phenoxy) is 1. The lowest BCUT2D eigenvalue weighted by atomic mass is 10.2. The average molecular weight is 343 g/mol. The van der Waals surface area contributed by atoms with Crippen LogP contribution >= 0.6 is 0 Å². The molecule has 2 aromatic carbocycles. The van der Waals surface area contributed by atoms with Gasteiger partial charge in [0.05, 0.1) is 12.0 Å². The molecule has 0 aromatic heterocycles. The van der Waals surface area contributed by atoms with Crippen LogP contribution in [0.3, 0.4) is 0 Å². The van der Waals surface area contributed by atoms with Crippen molar-refractivity contribution in [1.82, 2.24) is 5.32 Å². The molecule has 2 N–H and O–H groups in total. The molecule has 0 aliphatic carbocycles. The normalized spacial score (nSPS) is 9.96. The summed E-state index contributed by atoms with van der Waals surface area (Å²) in [5.74, 6) is 0.0506. The summed E-state index contributed by atoms with van der Waals surface area (Å²) in [4.78, 5) is 33.8. The van der Waals surface area contributed by atoms with E-state index >= 15 is 0 Å². The van der Waals surface area contributed by atoms with Crippen LogP contribution in [0, 0.1) is 10.1 Å². The Balaban J connectivity index is 1.77. The first-order valence-corrected chi connectivity index (χ1v) is 7.46. The molecular weight excluding hydrogens is 326 g/mol. The van der Waals surface area contributed by atoms with Crippen LogP contribution in [0.25, 0.3) is 0 Å². The van der Waals surface area contributed by atoms with Gasteiger partial charge in [0, 0.05) is 36.3 Å². The van der Waals surface area contributed by atoms with E-state index in [1.165, 1.54) is 24.3 Å². The molecule has 8 heteroatoms. The number of nitrogens with zero attached hydrogens (tertiary/aromatic N) is 1. The van der Waals surface area contributed by atoms with Gasteiger partial charge in [0.2, 0.25) is 5.91 Å². The van der Waals surface area contributed by atoms with E-state index in [0.717, 1.165) is 0 Å². The zero-order valence-corrected chi connectivity index (χ0v) is 13.5. The molecule has 25 heavy (non-hydrogen) atoms. The maximum absolute atomic E-state index is 11.9. The van der Waals surface area contributed by atoms with E-state index in [-0.39, 0.29) is 24.6 Å². The zero-order chi connectivity index (χ0) is 18.2. The zero-order valence-electron chi connectivity index (χ0n) is 13.5. The third-order valence-corrected chi connectivity index (χ3v) is 3.35. The van der Waals surface area contributed by atoms with E-state index in [1.807, 2.05) is 0 Å². The van der Waals surface area contributed by atoms with Gasteiger partial charge in [0.1, 0.15) is 5.75 Å². The highest BCUT2D eigenvalue weighted by Crippen LogP contribution is 2.15. The molecule has 0 heterocycles. The molecule has 0 fully saturated rings. The van der Waals surface area contributed by atoms with Crippen molar-refractivity contribution in [3.63, 3.8) is 0 Å². The maximum Gasteiger partial charge on any atom is 0.269 e. The molecule has 0 radical (unpaired) electrons. The van der Waals surface area contributed by atoms with E-state index < -0.39 is 10.8 Å². The maximum atomic E-state index is 11.9. The molecule has 0 aliphatic rings. The minimum absolute atomic E-state index is 0.0876. The predicted octanol–water partition coefficient (Wildman–Crippen LogP) is 2.36. The van der Waals surface area contributed by atoms with Crippen LogP contribution in [0.5, 0.6) is 5.75 Å². The van der Waals surface area contributed by atoms with Crippen molar-refractivity contribution >= 4 is 23.2 Å². The Bertz CT molecular complexity index is 757. The second kappa shape index (κ2) is 8.44. The lowest BCUT2D eigenvalue weighted by Gasteiger charge is -2.07. The van der Waals surface area contributed by atoms with E-state index in [1.54, 1.807) is 31.4 Å². The Morgan fingerprint density at radius 3 is 2.28 bits per heavy atom. The molecule has 0 unspecified atom stereocenters. The number of carbonyl (C=O) groups is 2. The summed E-state index contributed by atoms with van der Waals surface area (Å²) in [6, 6.07) is 12.1. The molecule has 2 amide bonds. The number of methoxy groups -OCH3 is 1. The van der Waals surface area contributed by atoms with Gasteiger partial charge in [-0.3, -0.25) is 19.7 Å². The first-order chi connectivity index (χ1) is 12.0. The highest BCUT2D eigenvalue weighted by molar-refractivity contribution is 5.95. The summed E-state index contributed by atoms with van der Waals surface area (Å²) < 4.78 is 5.03. The van der Waals surface area contributed by atoms with Gasteiger partial charge in [-0.15, -0.1) is 0 Å². The second-order valence-corrected chi connectivity index (χ2v) is 5.09. The Morgan fingerprint density at radius 1 is 1.08 bits per heavy atom. The molecule has 0 saturated heterocycles. The molecule has 0 atom stereocenters. The summed E-state index contributed by atoms with van der Waals surface area (Å²) in [6.07, 6.45) is 0.102. The monoisotopic (exact) mass is 343 g/mol. The Labute approximate surface area is 144 Å². The first kappa shape index (κ1) is 17.9. The van der Waals surface area contributed by atoms with Gasteiger partial charge in [-0.2, -0.15) is 0 Å². The van der Waals surface area contributed by atoms with Crippen molar-refractivity contribution in [3.8, 4) is 5.75 Å². The largest absolute Gasteiger partial charge is 0.497 e. The molecule has 2 rings (SSSR count). The molecule has 0 aliphatic heterocycles. The number of nitro groups is 1. The quantitative estimate of drug-likeness (QED) is 0.592. The van der Waals surface area contributed by atoms with Gasteiger partial charge < -0.3 is 15.4 Å².